The summed E-state index contributed by atoms with van der Waals surface area (Å²) in [6.45, 7) is 13.9. The number of piperidine rings is 1. The molecule has 7 rings (SSSR count). The smallest absolute Gasteiger partial charge is 0.318 e. The average Bonchev–Trinajstić information content (AvgIpc) is 3.82. The van der Waals surface area contributed by atoms with E-state index in [1.54, 1.807) is 11.1 Å². The quantitative estimate of drug-likeness (QED) is 0.374. The number of nitrogens with one attached hydrogen (secondary N) is 1. The molecule has 0 unspecified atom stereocenters. The molecule has 1 N–H and O–H groups in total. The zero-order valence-corrected chi connectivity index (χ0v) is 28.4. The van der Waals surface area contributed by atoms with Crippen LogP contribution in [-0.2, 0) is 0 Å². The predicted octanol–water partition coefficient (Wildman–Crippen LogP) is 5.69. The molecule has 1 aromatic carbocycles. The van der Waals surface area contributed by atoms with E-state index in [-0.39, 0.29) is 40.5 Å². The summed E-state index contributed by atoms with van der Waals surface area (Å²) in [6.07, 6.45) is 12.4. The van der Waals surface area contributed by atoms with Crippen LogP contribution in [0.2, 0.25) is 0 Å². The van der Waals surface area contributed by atoms with Gasteiger partial charge in [-0.05, 0) is 116 Å². The molecule has 2 saturated carbocycles. The third-order valence-corrected chi connectivity index (χ3v) is 11.3. The van der Waals surface area contributed by atoms with E-state index in [1.807, 2.05) is 27.7 Å². The summed E-state index contributed by atoms with van der Waals surface area (Å²) >= 11 is 0. The van der Waals surface area contributed by atoms with E-state index in [0.717, 1.165) is 65.0 Å². The number of amides is 3. The summed E-state index contributed by atoms with van der Waals surface area (Å²) in [7, 11) is 0. The van der Waals surface area contributed by atoms with Crippen LogP contribution in [0.3, 0.4) is 0 Å². The number of carbonyl (C=O) groups is 2. The Labute approximate surface area is 278 Å². The number of carbonyl (C=O) groups excluding carboxylic acids is 2. The lowest BCUT2D eigenvalue weighted by molar-refractivity contribution is 0.0583. The van der Waals surface area contributed by atoms with E-state index in [0.29, 0.717) is 29.3 Å². The second-order valence-electron chi connectivity index (χ2n) is 15.5. The van der Waals surface area contributed by atoms with Crippen molar-refractivity contribution in [2.24, 2.45) is 11.3 Å². The average molecular weight is 648 g/mol. The second kappa shape index (κ2) is 12.5. The van der Waals surface area contributed by atoms with Gasteiger partial charge in [-0.2, -0.15) is 0 Å². The van der Waals surface area contributed by atoms with Crippen LogP contribution in [0.5, 0.6) is 11.5 Å². The first kappa shape index (κ1) is 32.1. The zero-order chi connectivity index (χ0) is 32.9. The molecule has 5 fully saturated rings. The molecule has 3 aliphatic heterocycles. The topological polar surface area (TPSA) is 94.1 Å². The number of rotatable bonds is 9. The number of nitrogens with zero attached hydrogens (tertiary/aromatic N) is 6. The maximum Gasteiger partial charge on any atom is 0.318 e. The molecule has 3 amide bonds. The lowest BCUT2D eigenvalue weighted by Gasteiger charge is -2.55. The standard InChI is InChI=1S/C36H50FN7O3/c1-24(2)44(25(3)4)33(45)29-17-27(37)5-8-30(29)47-31-18-38-23-39-32(31)42-20-35(21-42)13-15-41(16-14-35)19-26-9-11-36(12-10-26)22-43(28-6-7-28)34(46)40-36/h5,8,17-18,23-26,28H,6-7,9-16,19-22H2,1-4H3,(H,40,46). The molecule has 2 aromatic rings. The number of anilines is 1. The van der Waals surface area contributed by atoms with Gasteiger partial charge in [0, 0.05) is 49.7 Å². The van der Waals surface area contributed by atoms with E-state index in [1.165, 1.54) is 50.2 Å². The number of likely N-dealkylation sites (tertiary alicyclic amines) is 1. The predicted molar refractivity (Wildman–Crippen MR) is 178 cm³/mol. The van der Waals surface area contributed by atoms with Crippen molar-refractivity contribution in [3.05, 3.63) is 42.1 Å². The molecule has 1 aromatic heterocycles. The van der Waals surface area contributed by atoms with Gasteiger partial charge < -0.3 is 29.7 Å². The van der Waals surface area contributed by atoms with E-state index in [9.17, 15) is 14.0 Å². The molecule has 0 atom stereocenters. The molecular weight excluding hydrogens is 597 g/mol. The van der Waals surface area contributed by atoms with Gasteiger partial charge in [0.25, 0.3) is 5.91 Å². The SMILES string of the molecule is CC(C)N(C(=O)c1cc(F)ccc1Oc1cncnc1N1CC2(CCN(CC3CCC4(CC3)CN(C3CC3)C(=O)N4)CC2)C1)C(C)C. The highest BCUT2D eigenvalue weighted by Crippen LogP contribution is 2.46. The summed E-state index contributed by atoms with van der Waals surface area (Å²) in [5.41, 5.74) is 0.468. The van der Waals surface area contributed by atoms with Gasteiger partial charge in [0.1, 0.15) is 17.9 Å². The molecule has 0 bridgehead atoms. The van der Waals surface area contributed by atoms with Crippen molar-refractivity contribution < 1.29 is 18.7 Å². The van der Waals surface area contributed by atoms with Gasteiger partial charge in [-0.15, -0.1) is 0 Å². The first-order valence-electron chi connectivity index (χ1n) is 17.7. The van der Waals surface area contributed by atoms with E-state index < -0.39 is 5.82 Å². The van der Waals surface area contributed by atoms with E-state index in [2.05, 4.69) is 30.0 Å². The van der Waals surface area contributed by atoms with Crippen LogP contribution in [0, 0.1) is 17.2 Å². The molecule has 2 spiro atoms. The molecule has 47 heavy (non-hydrogen) atoms. The molecule has 11 heteroatoms. The van der Waals surface area contributed by atoms with Gasteiger partial charge in [-0.25, -0.2) is 19.2 Å². The van der Waals surface area contributed by atoms with Crippen LogP contribution in [0.25, 0.3) is 0 Å². The fourth-order valence-electron chi connectivity index (χ4n) is 8.62. The fourth-order valence-corrected chi connectivity index (χ4v) is 8.62. The minimum atomic E-state index is -0.483. The Balaban J connectivity index is 0.933. The first-order valence-corrected chi connectivity index (χ1v) is 17.7. The van der Waals surface area contributed by atoms with Crippen molar-refractivity contribution >= 4 is 17.8 Å². The first-order chi connectivity index (χ1) is 22.5. The third-order valence-electron chi connectivity index (χ3n) is 11.3. The van der Waals surface area contributed by atoms with Gasteiger partial charge in [-0.1, -0.05) is 0 Å². The Bertz CT molecular complexity index is 1460. The van der Waals surface area contributed by atoms with E-state index >= 15 is 0 Å². The summed E-state index contributed by atoms with van der Waals surface area (Å²) in [4.78, 5) is 43.6. The van der Waals surface area contributed by atoms with Crippen molar-refractivity contribution in [2.75, 3.05) is 44.2 Å². The second-order valence-corrected chi connectivity index (χ2v) is 15.5. The number of halogens is 1. The van der Waals surface area contributed by atoms with Crippen molar-refractivity contribution in [3.63, 3.8) is 0 Å². The zero-order valence-electron chi connectivity index (χ0n) is 28.4. The number of hydrogen-bond acceptors (Lipinski definition) is 7. The molecule has 254 valence electrons. The summed E-state index contributed by atoms with van der Waals surface area (Å²) < 4.78 is 20.7. The molecule has 4 heterocycles. The number of benzene rings is 1. The Morgan fingerprint density at radius 3 is 2.38 bits per heavy atom. The number of aromatic nitrogens is 2. The van der Waals surface area contributed by atoms with Gasteiger partial charge in [0.15, 0.2) is 11.6 Å². The minimum Gasteiger partial charge on any atom is -0.451 e. The van der Waals surface area contributed by atoms with Crippen molar-refractivity contribution in [1.82, 2.24) is 30.0 Å². The summed E-state index contributed by atoms with van der Waals surface area (Å²) in [5, 5.41) is 3.37. The lowest BCUT2D eigenvalue weighted by atomic mass is 9.71. The molecule has 10 nitrogen and oxygen atoms in total. The molecule has 5 aliphatic rings. The largest absolute Gasteiger partial charge is 0.451 e. The minimum absolute atomic E-state index is 0.0113. The van der Waals surface area contributed by atoms with Gasteiger partial charge in [0.05, 0.1) is 17.3 Å². The molecule has 3 saturated heterocycles. The van der Waals surface area contributed by atoms with Gasteiger partial charge >= 0.3 is 6.03 Å². The summed E-state index contributed by atoms with van der Waals surface area (Å²) in [5.74, 6) is 1.42. The Hall–Kier alpha value is -3.47. The Kier molecular flexibility index (Phi) is 8.55. The monoisotopic (exact) mass is 647 g/mol. The molecule has 0 radical (unpaired) electrons. The normalized spacial score (nSPS) is 25.9. The molecule has 2 aliphatic carbocycles. The summed E-state index contributed by atoms with van der Waals surface area (Å²) in [6, 6.07) is 4.65. The van der Waals surface area contributed by atoms with Crippen molar-refractivity contribution in [2.45, 2.75) is 103 Å². The van der Waals surface area contributed by atoms with Crippen LogP contribution in [0.4, 0.5) is 15.0 Å². The van der Waals surface area contributed by atoms with E-state index in [4.69, 9.17) is 4.74 Å². The molecular formula is C36H50FN7O3. The Morgan fingerprint density at radius 1 is 1.02 bits per heavy atom. The highest BCUT2D eigenvalue weighted by Gasteiger charge is 2.50. The van der Waals surface area contributed by atoms with Crippen LogP contribution in [-0.4, -0.2) is 99.5 Å². The van der Waals surface area contributed by atoms with Crippen molar-refractivity contribution in [3.8, 4) is 11.5 Å². The maximum absolute atomic E-state index is 14.4. The fraction of sp³-hybridized carbons (Fsp3) is 0.667. The van der Waals surface area contributed by atoms with Crippen LogP contribution in [0.15, 0.2) is 30.7 Å². The van der Waals surface area contributed by atoms with Crippen LogP contribution >= 0.6 is 0 Å². The van der Waals surface area contributed by atoms with Crippen LogP contribution < -0.4 is 15.0 Å². The number of ether oxygens (including phenoxy) is 1. The van der Waals surface area contributed by atoms with Crippen LogP contribution in [0.1, 0.15) is 89.4 Å². The highest BCUT2D eigenvalue weighted by atomic mass is 19.1. The number of urea groups is 1. The lowest BCUT2D eigenvalue weighted by Crippen LogP contribution is -2.61. The third kappa shape index (κ3) is 6.52. The maximum atomic E-state index is 14.4. The number of hydrogen-bond donors (Lipinski definition) is 1. The van der Waals surface area contributed by atoms with Gasteiger partial charge in [0.2, 0.25) is 0 Å². The van der Waals surface area contributed by atoms with Crippen molar-refractivity contribution in [1.29, 1.82) is 0 Å². The Morgan fingerprint density at radius 2 is 1.72 bits per heavy atom. The highest BCUT2D eigenvalue weighted by molar-refractivity contribution is 5.97. The van der Waals surface area contributed by atoms with Gasteiger partial charge in [-0.3, -0.25) is 4.79 Å².